The number of aromatic amines is 1. The molecule has 0 unspecified atom stereocenters. The number of imidazole rings is 1. The molecule has 0 saturated heterocycles. The van der Waals surface area contributed by atoms with Crippen LogP contribution in [0, 0.1) is 13.8 Å². The van der Waals surface area contributed by atoms with Crippen molar-refractivity contribution in [2.75, 3.05) is 0 Å². The lowest BCUT2D eigenvalue weighted by molar-refractivity contribution is 1.14. The summed E-state index contributed by atoms with van der Waals surface area (Å²) in [6.45, 7) is 3.91. The van der Waals surface area contributed by atoms with E-state index in [4.69, 9.17) is 0 Å². The van der Waals surface area contributed by atoms with Crippen molar-refractivity contribution >= 4 is 0 Å². The molecule has 0 aromatic carbocycles. The number of aromatic nitrogens is 3. The molecule has 0 aliphatic heterocycles. The Hall–Kier alpha value is -1.64. The van der Waals surface area contributed by atoms with Gasteiger partial charge in [-0.05, 0) is 26.0 Å². The van der Waals surface area contributed by atoms with Crippen molar-refractivity contribution in [3.8, 4) is 11.4 Å². The van der Waals surface area contributed by atoms with Crippen LogP contribution in [0.2, 0.25) is 0 Å². The predicted octanol–water partition coefficient (Wildman–Crippen LogP) is 2.09. The van der Waals surface area contributed by atoms with Gasteiger partial charge >= 0.3 is 0 Å². The third kappa shape index (κ3) is 1.59. The maximum atomic E-state index is 4.37. The number of aryl methyl sites for hydroxylation is 2. The minimum Gasteiger partial charge on any atom is -0.348 e. The number of hydrogen-bond donors (Lipinski definition) is 1. The molecule has 0 aliphatic carbocycles. The van der Waals surface area contributed by atoms with Crippen molar-refractivity contribution in [2.45, 2.75) is 13.8 Å². The molecule has 0 bridgehead atoms. The molecule has 0 amide bonds. The second-order valence-corrected chi connectivity index (χ2v) is 3.04. The summed E-state index contributed by atoms with van der Waals surface area (Å²) in [6.07, 6.45) is 1.87. The Morgan fingerprint density at radius 1 is 1.08 bits per heavy atom. The van der Waals surface area contributed by atoms with Crippen LogP contribution in [0.1, 0.15) is 11.5 Å². The zero-order valence-corrected chi connectivity index (χ0v) is 7.70. The molecular weight excluding hydrogens is 162 g/mol. The van der Waals surface area contributed by atoms with Gasteiger partial charge in [-0.3, -0.25) is 4.98 Å². The molecule has 2 aromatic rings. The first-order valence-corrected chi connectivity index (χ1v) is 4.22. The molecule has 1 N–H and O–H groups in total. The largest absolute Gasteiger partial charge is 0.348 e. The monoisotopic (exact) mass is 173 g/mol. The minimum atomic E-state index is 0.904. The highest BCUT2D eigenvalue weighted by Crippen LogP contribution is 2.13. The zero-order chi connectivity index (χ0) is 9.26. The maximum Gasteiger partial charge on any atom is 0.107 e. The van der Waals surface area contributed by atoms with Crippen LogP contribution in [0.4, 0.5) is 0 Å². The molecule has 0 saturated carbocycles. The normalized spacial score (nSPS) is 10.3. The molecular formula is C10H11N3. The van der Waals surface area contributed by atoms with Gasteiger partial charge in [0, 0.05) is 11.9 Å². The Balaban J connectivity index is 2.46. The molecule has 0 atom stereocenters. The lowest BCUT2D eigenvalue weighted by atomic mass is 10.2. The van der Waals surface area contributed by atoms with E-state index in [9.17, 15) is 0 Å². The first-order chi connectivity index (χ1) is 6.25. The van der Waals surface area contributed by atoms with Crippen molar-refractivity contribution < 1.29 is 0 Å². The van der Waals surface area contributed by atoms with Crippen molar-refractivity contribution in [3.05, 3.63) is 35.9 Å². The summed E-state index contributed by atoms with van der Waals surface area (Å²) < 4.78 is 0. The fraction of sp³-hybridized carbons (Fsp3) is 0.200. The van der Waals surface area contributed by atoms with Gasteiger partial charge in [-0.2, -0.15) is 0 Å². The van der Waals surface area contributed by atoms with Gasteiger partial charge in [0.2, 0.25) is 0 Å². The van der Waals surface area contributed by atoms with Crippen molar-refractivity contribution in [2.24, 2.45) is 0 Å². The quantitative estimate of drug-likeness (QED) is 0.717. The average molecular weight is 173 g/mol. The minimum absolute atomic E-state index is 0.904. The molecule has 66 valence electrons. The van der Waals surface area contributed by atoms with Crippen molar-refractivity contribution in [1.29, 1.82) is 0 Å². The SMILES string of the molecule is Cc1cccc(-c2c[nH]c(C)n2)n1. The lowest BCUT2D eigenvalue weighted by Gasteiger charge is -1.95. The number of rotatable bonds is 1. The second-order valence-electron chi connectivity index (χ2n) is 3.04. The van der Waals surface area contributed by atoms with E-state index in [0.717, 1.165) is 22.9 Å². The van der Waals surface area contributed by atoms with Crippen LogP contribution >= 0.6 is 0 Å². The van der Waals surface area contributed by atoms with E-state index in [1.54, 1.807) is 0 Å². The van der Waals surface area contributed by atoms with Crippen LogP contribution in [0.5, 0.6) is 0 Å². The molecule has 0 fully saturated rings. The molecule has 2 aromatic heterocycles. The summed E-state index contributed by atoms with van der Waals surface area (Å²) >= 11 is 0. The maximum absolute atomic E-state index is 4.37. The lowest BCUT2D eigenvalue weighted by Crippen LogP contribution is -1.85. The standard InChI is InChI=1S/C10H11N3/c1-7-4-3-5-9(12-7)10-6-11-8(2)13-10/h3-6H,1-2H3,(H,11,13). The average Bonchev–Trinajstić information content (AvgIpc) is 2.52. The van der Waals surface area contributed by atoms with Gasteiger partial charge in [0.05, 0.1) is 5.69 Å². The topological polar surface area (TPSA) is 41.6 Å². The predicted molar refractivity (Wildman–Crippen MR) is 51.3 cm³/mol. The highest BCUT2D eigenvalue weighted by molar-refractivity contribution is 5.53. The molecule has 0 aliphatic rings. The van der Waals surface area contributed by atoms with Crippen molar-refractivity contribution in [1.82, 2.24) is 15.0 Å². The summed E-state index contributed by atoms with van der Waals surface area (Å²) in [6, 6.07) is 5.92. The van der Waals surface area contributed by atoms with Gasteiger partial charge in [-0.25, -0.2) is 4.98 Å². The molecule has 0 radical (unpaired) electrons. The number of nitrogens with one attached hydrogen (secondary N) is 1. The molecule has 0 spiro atoms. The van der Waals surface area contributed by atoms with Crippen LogP contribution in [0.15, 0.2) is 24.4 Å². The number of pyridine rings is 1. The second kappa shape index (κ2) is 3.01. The molecule has 2 heterocycles. The van der Waals surface area contributed by atoms with Crippen molar-refractivity contribution in [3.63, 3.8) is 0 Å². The third-order valence-corrected chi connectivity index (χ3v) is 1.86. The van der Waals surface area contributed by atoms with Gasteiger partial charge in [0.1, 0.15) is 11.5 Å². The first-order valence-electron chi connectivity index (χ1n) is 4.22. The van der Waals surface area contributed by atoms with Gasteiger partial charge in [0.25, 0.3) is 0 Å². The summed E-state index contributed by atoms with van der Waals surface area (Å²) in [5.41, 5.74) is 2.84. The molecule has 2 rings (SSSR count). The highest BCUT2D eigenvalue weighted by Gasteiger charge is 2.01. The van der Waals surface area contributed by atoms with Crippen LogP contribution in [0.25, 0.3) is 11.4 Å². The number of hydrogen-bond acceptors (Lipinski definition) is 2. The Morgan fingerprint density at radius 2 is 1.92 bits per heavy atom. The zero-order valence-electron chi connectivity index (χ0n) is 7.70. The fourth-order valence-corrected chi connectivity index (χ4v) is 1.23. The summed E-state index contributed by atoms with van der Waals surface area (Å²) in [5.74, 6) is 0.915. The van der Waals surface area contributed by atoms with Crippen LogP contribution in [-0.4, -0.2) is 15.0 Å². The van der Waals surface area contributed by atoms with E-state index in [-0.39, 0.29) is 0 Å². The van der Waals surface area contributed by atoms with Gasteiger partial charge < -0.3 is 4.98 Å². The Bertz CT molecular complexity index is 418. The highest BCUT2D eigenvalue weighted by atomic mass is 14.9. The van der Waals surface area contributed by atoms with E-state index < -0.39 is 0 Å². The Morgan fingerprint density at radius 3 is 2.54 bits per heavy atom. The van der Waals surface area contributed by atoms with E-state index in [1.165, 1.54) is 0 Å². The van der Waals surface area contributed by atoms with Crippen LogP contribution in [0.3, 0.4) is 0 Å². The third-order valence-electron chi connectivity index (χ3n) is 1.86. The van der Waals surface area contributed by atoms with E-state index >= 15 is 0 Å². The smallest absolute Gasteiger partial charge is 0.107 e. The molecule has 13 heavy (non-hydrogen) atoms. The van der Waals surface area contributed by atoms with Gasteiger partial charge in [-0.15, -0.1) is 0 Å². The van der Waals surface area contributed by atoms with Crippen LogP contribution in [-0.2, 0) is 0 Å². The Labute approximate surface area is 76.9 Å². The number of nitrogens with zero attached hydrogens (tertiary/aromatic N) is 2. The fourth-order valence-electron chi connectivity index (χ4n) is 1.23. The Kier molecular flexibility index (Phi) is 1.85. The molecule has 3 heteroatoms. The van der Waals surface area contributed by atoms with Gasteiger partial charge in [0.15, 0.2) is 0 Å². The summed E-state index contributed by atoms with van der Waals surface area (Å²) in [5, 5.41) is 0. The van der Waals surface area contributed by atoms with E-state index in [0.29, 0.717) is 0 Å². The summed E-state index contributed by atoms with van der Waals surface area (Å²) in [4.78, 5) is 11.7. The summed E-state index contributed by atoms with van der Waals surface area (Å²) in [7, 11) is 0. The molecule has 3 nitrogen and oxygen atoms in total. The first kappa shape index (κ1) is 7.98. The van der Waals surface area contributed by atoms with E-state index in [2.05, 4.69) is 15.0 Å². The van der Waals surface area contributed by atoms with Crippen LogP contribution < -0.4 is 0 Å². The number of H-pyrrole nitrogens is 1. The van der Waals surface area contributed by atoms with Gasteiger partial charge in [-0.1, -0.05) is 6.07 Å². The van der Waals surface area contributed by atoms with E-state index in [1.807, 2.05) is 38.2 Å².